The summed E-state index contributed by atoms with van der Waals surface area (Å²) in [5.74, 6) is 1.23. The third-order valence-electron chi connectivity index (χ3n) is 5.86. The Labute approximate surface area is 176 Å². The van der Waals surface area contributed by atoms with E-state index in [4.69, 9.17) is 18.9 Å². The second kappa shape index (κ2) is 8.53. The van der Waals surface area contributed by atoms with Gasteiger partial charge in [0.2, 0.25) is 0 Å². The van der Waals surface area contributed by atoms with Crippen LogP contribution in [0.2, 0.25) is 0 Å². The molecule has 2 unspecified atom stereocenters. The van der Waals surface area contributed by atoms with E-state index in [1.165, 1.54) is 0 Å². The molecule has 1 N–H and O–H groups in total. The van der Waals surface area contributed by atoms with Crippen LogP contribution in [0.4, 0.5) is 4.79 Å². The molecule has 0 saturated carbocycles. The quantitative estimate of drug-likeness (QED) is 0.812. The topological polar surface area (TPSA) is 77.5 Å². The molecule has 4 rings (SSSR count). The number of fused-ring (bicyclic) bond motifs is 2. The van der Waals surface area contributed by atoms with Crippen molar-refractivity contribution in [1.29, 1.82) is 0 Å². The van der Waals surface area contributed by atoms with Gasteiger partial charge in [-0.05, 0) is 23.3 Å². The Kier molecular flexibility index (Phi) is 5.83. The predicted octanol–water partition coefficient (Wildman–Crippen LogP) is 3.09. The molecule has 2 aromatic carbocycles. The SMILES string of the molecule is COc1cc(OC)cc(C2(O)CC3COCC(C2)N3C(=O)OCc2ccccc2)c1. The van der Waals surface area contributed by atoms with E-state index < -0.39 is 5.60 Å². The number of nitrogens with zero attached hydrogens (tertiary/aromatic N) is 1. The van der Waals surface area contributed by atoms with Gasteiger partial charge in [-0.15, -0.1) is 0 Å². The number of amides is 1. The van der Waals surface area contributed by atoms with Crippen LogP contribution in [0.1, 0.15) is 24.0 Å². The number of rotatable bonds is 5. The molecule has 2 fully saturated rings. The van der Waals surface area contributed by atoms with Crippen molar-refractivity contribution in [2.45, 2.75) is 37.1 Å². The van der Waals surface area contributed by atoms with Crippen LogP contribution in [0.15, 0.2) is 48.5 Å². The number of hydrogen-bond acceptors (Lipinski definition) is 6. The van der Waals surface area contributed by atoms with Gasteiger partial charge >= 0.3 is 6.09 Å². The maximum atomic E-state index is 12.9. The Morgan fingerprint density at radius 1 is 1.07 bits per heavy atom. The van der Waals surface area contributed by atoms with E-state index in [1.54, 1.807) is 25.2 Å². The van der Waals surface area contributed by atoms with Gasteiger partial charge in [0.1, 0.15) is 18.1 Å². The first kappa shape index (κ1) is 20.5. The highest BCUT2D eigenvalue weighted by atomic mass is 16.6. The van der Waals surface area contributed by atoms with E-state index in [1.807, 2.05) is 42.5 Å². The van der Waals surface area contributed by atoms with Crippen molar-refractivity contribution in [1.82, 2.24) is 4.90 Å². The molecule has 2 aliphatic rings. The zero-order chi connectivity index (χ0) is 21.1. The highest BCUT2D eigenvalue weighted by Crippen LogP contribution is 2.43. The lowest BCUT2D eigenvalue weighted by atomic mass is 9.77. The molecule has 2 atom stereocenters. The molecule has 0 radical (unpaired) electrons. The molecule has 0 aliphatic carbocycles. The van der Waals surface area contributed by atoms with Gasteiger partial charge in [0.05, 0.1) is 45.1 Å². The molecule has 2 aromatic rings. The normalized spacial score (nSPS) is 25.5. The van der Waals surface area contributed by atoms with E-state index in [2.05, 4.69) is 0 Å². The van der Waals surface area contributed by atoms with E-state index in [0.717, 1.165) is 5.56 Å². The molecule has 1 amide bonds. The summed E-state index contributed by atoms with van der Waals surface area (Å²) in [4.78, 5) is 14.6. The maximum absolute atomic E-state index is 12.9. The fraction of sp³-hybridized carbons (Fsp3) is 0.435. The van der Waals surface area contributed by atoms with Gasteiger partial charge in [-0.1, -0.05) is 30.3 Å². The molecule has 7 nitrogen and oxygen atoms in total. The van der Waals surface area contributed by atoms with Crippen LogP contribution in [0.3, 0.4) is 0 Å². The number of hydrogen-bond donors (Lipinski definition) is 1. The van der Waals surface area contributed by atoms with Crippen LogP contribution in [0.5, 0.6) is 11.5 Å². The third kappa shape index (κ3) is 4.08. The van der Waals surface area contributed by atoms with E-state index >= 15 is 0 Å². The van der Waals surface area contributed by atoms with Crippen molar-refractivity contribution in [2.24, 2.45) is 0 Å². The van der Waals surface area contributed by atoms with Gasteiger partial charge < -0.3 is 24.1 Å². The fourth-order valence-electron chi connectivity index (χ4n) is 4.38. The van der Waals surface area contributed by atoms with Crippen LogP contribution in [0, 0.1) is 0 Å². The van der Waals surface area contributed by atoms with Gasteiger partial charge in [0.25, 0.3) is 0 Å². The van der Waals surface area contributed by atoms with Crippen molar-refractivity contribution in [3.8, 4) is 11.5 Å². The zero-order valence-electron chi connectivity index (χ0n) is 17.2. The molecule has 30 heavy (non-hydrogen) atoms. The van der Waals surface area contributed by atoms with Crippen molar-refractivity contribution in [3.05, 3.63) is 59.7 Å². The lowest BCUT2D eigenvalue weighted by Gasteiger charge is -2.51. The van der Waals surface area contributed by atoms with Crippen LogP contribution >= 0.6 is 0 Å². The number of morpholine rings is 1. The average molecular weight is 413 g/mol. The van der Waals surface area contributed by atoms with Crippen molar-refractivity contribution >= 4 is 6.09 Å². The number of benzene rings is 2. The number of methoxy groups -OCH3 is 2. The van der Waals surface area contributed by atoms with Crippen molar-refractivity contribution in [3.63, 3.8) is 0 Å². The first-order valence-electron chi connectivity index (χ1n) is 10.0. The minimum absolute atomic E-state index is 0.216. The number of carbonyl (C=O) groups excluding carboxylic acids is 1. The van der Waals surface area contributed by atoms with Gasteiger partial charge in [-0.3, -0.25) is 4.90 Å². The molecular weight excluding hydrogens is 386 g/mol. The Balaban J connectivity index is 1.52. The largest absolute Gasteiger partial charge is 0.497 e. The van der Waals surface area contributed by atoms with Crippen LogP contribution in [-0.2, 0) is 21.7 Å². The Morgan fingerprint density at radius 3 is 2.23 bits per heavy atom. The number of carbonyl (C=O) groups is 1. The summed E-state index contributed by atoms with van der Waals surface area (Å²) in [6, 6.07) is 14.4. The monoisotopic (exact) mass is 413 g/mol. The van der Waals surface area contributed by atoms with E-state index in [-0.39, 0.29) is 24.8 Å². The Hall–Kier alpha value is -2.77. The standard InChI is InChI=1S/C23H27NO6/c1-27-20-8-17(9-21(10-20)28-2)23(26)11-18-14-29-15-19(12-23)24(18)22(25)30-13-16-6-4-3-5-7-16/h3-10,18-19,26H,11-15H2,1-2H3. The molecular formula is C23H27NO6. The first-order valence-corrected chi connectivity index (χ1v) is 10.0. The minimum Gasteiger partial charge on any atom is -0.497 e. The third-order valence-corrected chi connectivity index (χ3v) is 5.86. The van der Waals surface area contributed by atoms with Crippen LogP contribution in [0.25, 0.3) is 0 Å². The zero-order valence-corrected chi connectivity index (χ0v) is 17.2. The molecule has 7 heteroatoms. The fourth-order valence-corrected chi connectivity index (χ4v) is 4.38. The highest BCUT2D eigenvalue weighted by Gasteiger charge is 2.49. The van der Waals surface area contributed by atoms with Crippen molar-refractivity contribution in [2.75, 3.05) is 27.4 Å². The maximum Gasteiger partial charge on any atom is 0.410 e. The van der Waals surface area contributed by atoms with Crippen LogP contribution < -0.4 is 9.47 Å². The summed E-state index contributed by atoms with van der Waals surface area (Å²) >= 11 is 0. The van der Waals surface area contributed by atoms with Crippen LogP contribution in [-0.4, -0.2) is 55.6 Å². The molecule has 2 saturated heterocycles. The Morgan fingerprint density at radius 2 is 1.67 bits per heavy atom. The van der Waals surface area contributed by atoms with E-state index in [0.29, 0.717) is 43.1 Å². The minimum atomic E-state index is -1.11. The summed E-state index contributed by atoms with van der Waals surface area (Å²) in [5.41, 5.74) is 0.536. The summed E-state index contributed by atoms with van der Waals surface area (Å²) < 4.78 is 22.0. The summed E-state index contributed by atoms with van der Waals surface area (Å²) in [6.45, 7) is 0.939. The molecule has 0 spiro atoms. The summed E-state index contributed by atoms with van der Waals surface area (Å²) in [7, 11) is 3.16. The summed E-state index contributed by atoms with van der Waals surface area (Å²) in [6.07, 6.45) is 0.322. The highest BCUT2D eigenvalue weighted by molar-refractivity contribution is 5.69. The van der Waals surface area contributed by atoms with Gasteiger partial charge in [0, 0.05) is 18.9 Å². The number of aliphatic hydroxyl groups is 1. The van der Waals surface area contributed by atoms with E-state index in [9.17, 15) is 9.90 Å². The molecule has 2 bridgehead atoms. The molecule has 2 heterocycles. The number of piperidine rings is 1. The second-order valence-corrected chi connectivity index (χ2v) is 7.83. The van der Waals surface area contributed by atoms with Crippen molar-refractivity contribution < 1.29 is 28.8 Å². The lowest BCUT2D eigenvalue weighted by molar-refractivity contribution is -0.137. The van der Waals surface area contributed by atoms with Gasteiger partial charge in [0.15, 0.2) is 0 Å². The molecule has 0 aromatic heterocycles. The lowest BCUT2D eigenvalue weighted by Crippen LogP contribution is -2.62. The molecule has 2 aliphatic heterocycles. The van der Waals surface area contributed by atoms with Gasteiger partial charge in [-0.2, -0.15) is 0 Å². The smallest absolute Gasteiger partial charge is 0.410 e. The van der Waals surface area contributed by atoms with Gasteiger partial charge in [-0.25, -0.2) is 4.79 Å². The average Bonchev–Trinajstić information content (AvgIpc) is 2.77. The molecule has 160 valence electrons. The second-order valence-electron chi connectivity index (χ2n) is 7.83. The number of ether oxygens (including phenoxy) is 4. The predicted molar refractivity (Wildman–Crippen MR) is 110 cm³/mol. The first-order chi connectivity index (χ1) is 14.5. The Bertz CT molecular complexity index is 850. The summed E-state index contributed by atoms with van der Waals surface area (Å²) in [5, 5.41) is 11.6.